The van der Waals surface area contributed by atoms with Gasteiger partial charge in [-0.2, -0.15) is 0 Å². The lowest BCUT2D eigenvalue weighted by Gasteiger charge is -2.09. The highest BCUT2D eigenvalue weighted by Gasteiger charge is 2.10. The van der Waals surface area contributed by atoms with E-state index >= 15 is 0 Å². The van der Waals surface area contributed by atoms with Gasteiger partial charge in [-0.15, -0.1) is 0 Å². The maximum absolute atomic E-state index is 12.1. The molecule has 0 spiro atoms. The van der Waals surface area contributed by atoms with Gasteiger partial charge in [-0.3, -0.25) is 4.79 Å². The van der Waals surface area contributed by atoms with Crippen LogP contribution in [0.2, 0.25) is 0 Å². The van der Waals surface area contributed by atoms with Gasteiger partial charge in [-0.25, -0.2) is 10.8 Å². The molecule has 5 nitrogen and oxygen atoms in total. The molecule has 19 heavy (non-hydrogen) atoms. The van der Waals surface area contributed by atoms with Crippen LogP contribution >= 0.6 is 15.9 Å². The first kappa shape index (κ1) is 13.5. The van der Waals surface area contributed by atoms with Gasteiger partial charge in [0, 0.05) is 10.2 Å². The molecule has 1 amide bonds. The minimum absolute atomic E-state index is 0.279. The molecule has 98 valence electrons. The molecule has 0 radical (unpaired) electrons. The predicted molar refractivity (Wildman–Crippen MR) is 78.9 cm³/mol. The second kappa shape index (κ2) is 5.81. The standard InChI is InChI=1S/C13H13BrN4O/c1-8-5-6-9(14)7-11(8)17-13(19)10-3-2-4-12(16-10)18-15/h2-7H,15H2,1H3,(H,16,18)(H,17,19). The Hall–Kier alpha value is -1.92. The summed E-state index contributed by atoms with van der Waals surface area (Å²) in [7, 11) is 0. The number of nitrogens with one attached hydrogen (secondary N) is 2. The topological polar surface area (TPSA) is 80.0 Å². The zero-order chi connectivity index (χ0) is 13.8. The largest absolute Gasteiger partial charge is 0.320 e. The number of carbonyl (C=O) groups is 1. The molecule has 0 aliphatic rings. The van der Waals surface area contributed by atoms with Crippen molar-refractivity contribution in [2.24, 2.45) is 5.84 Å². The zero-order valence-corrected chi connectivity index (χ0v) is 11.9. The summed E-state index contributed by atoms with van der Waals surface area (Å²) in [6, 6.07) is 10.7. The number of hydrazine groups is 1. The van der Waals surface area contributed by atoms with Gasteiger partial charge in [0.1, 0.15) is 11.5 Å². The van der Waals surface area contributed by atoms with E-state index < -0.39 is 0 Å². The van der Waals surface area contributed by atoms with Crippen molar-refractivity contribution in [2.75, 3.05) is 10.7 Å². The smallest absolute Gasteiger partial charge is 0.274 e. The maximum atomic E-state index is 12.1. The van der Waals surface area contributed by atoms with Crippen LogP contribution in [0.25, 0.3) is 0 Å². The summed E-state index contributed by atoms with van der Waals surface area (Å²) >= 11 is 3.37. The quantitative estimate of drug-likeness (QED) is 0.600. The first-order valence-electron chi connectivity index (χ1n) is 5.61. The number of aromatic nitrogens is 1. The minimum atomic E-state index is -0.279. The molecule has 0 unspecified atom stereocenters. The number of pyridine rings is 1. The average Bonchev–Trinajstić information content (AvgIpc) is 2.43. The van der Waals surface area contributed by atoms with E-state index in [1.54, 1.807) is 18.2 Å². The fourth-order valence-corrected chi connectivity index (χ4v) is 1.92. The lowest BCUT2D eigenvalue weighted by atomic mass is 10.2. The summed E-state index contributed by atoms with van der Waals surface area (Å²) in [6.07, 6.45) is 0. The highest BCUT2D eigenvalue weighted by Crippen LogP contribution is 2.21. The van der Waals surface area contributed by atoms with Gasteiger partial charge in [0.2, 0.25) is 0 Å². The van der Waals surface area contributed by atoms with E-state index in [1.807, 2.05) is 25.1 Å². The van der Waals surface area contributed by atoms with E-state index in [-0.39, 0.29) is 5.91 Å². The molecule has 1 aromatic carbocycles. The molecule has 0 saturated heterocycles. The highest BCUT2D eigenvalue weighted by molar-refractivity contribution is 9.10. The normalized spacial score (nSPS) is 10.1. The summed E-state index contributed by atoms with van der Waals surface area (Å²) < 4.78 is 0.902. The van der Waals surface area contributed by atoms with Gasteiger partial charge in [0.15, 0.2) is 0 Å². The lowest BCUT2D eigenvalue weighted by Crippen LogP contribution is -2.16. The van der Waals surface area contributed by atoms with Crippen molar-refractivity contribution in [2.45, 2.75) is 6.92 Å². The van der Waals surface area contributed by atoms with E-state index in [0.29, 0.717) is 11.5 Å². The third kappa shape index (κ3) is 3.30. The molecule has 0 bridgehead atoms. The van der Waals surface area contributed by atoms with Gasteiger partial charge in [-0.1, -0.05) is 28.1 Å². The van der Waals surface area contributed by atoms with Crippen molar-refractivity contribution in [3.63, 3.8) is 0 Å². The van der Waals surface area contributed by atoms with Crippen LogP contribution in [0, 0.1) is 6.92 Å². The number of nitrogen functional groups attached to an aromatic ring is 1. The Labute approximate surface area is 119 Å². The monoisotopic (exact) mass is 320 g/mol. The van der Waals surface area contributed by atoms with Crippen LogP contribution in [0.4, 0.5) is 11.5 Å². The van der Waals surface area contributed by atoms with Gasteiger partial charge in [-0.05, 0) is 36.8 Å². The number of carbonyl (C=O) groups excluding carboxylic acids is 1. The first-order valence-corrected chi connectivity index (χ1v) is 6.40. The van der Waals surface area contributed by atoms with E-state index in [2.05, 4.69) is 31.7 Å². The molecule has 0 atom stereocenters. The Morgan fingerprint density at radius 1 is 1.32 bits per heavy atom. The lowest BCUT2D eigenvalue weighted by molar-refractivity contribution is 0.102. The number of amides is 1. The molecule has 2 aromatic rings. The van der Waals surface area contributed by atoms with E-state index in [1.165, 1.54) is 0 Å². The summed E-state index contributed by atoms with van der Waals surface area (Å²) in [5.41, 5.74) is 4.43. The zero-order valence-electron chi connectivity index (χ0n) is 10.3. The van der Waals surface area contributed by atoms with E-state index in [0.717, 1.165) is 15.7 Å². The Bertz CT molecular complexity index is 615. The molecule has 0 fully saturated rings. The van der Waals surface area contributed by atoms with Crippen LogP contribution in [0.1, 0.15) is 16.1 Å². The predicted octanol–water partition coefficient (Wildman–Crippen LogP) is 2.69. The van der Waals surface area contributed by atoms with Crippen molar-refractivity contribution in [3.8, 4) is 0 Å². The summed E-state index contributed by atoms with van der Waals surface area (Å²) in [5, 5.41) is 2.82. The molecule has 4 N–H and O–H groups in total. The SMILES string of the molecule is Cc1ccc(Br)cc1NC(=O)c1cccc(NN)n1. The molecule has 0 aliphatic carbocycles. The number of nitrogens with two attached hydrogens (primary N) is 1. The number of aryl methyl sites for hydroxylation is 1. The average molecular weight is 321 g/mol. The minimum Gasteiger partial charge on any atom is -0.320 e. The van der Waals surface area contributed by atoms with Crippen LogP contribution < -0.4 is 16.6 Å². The Kier molecular flexibility index (Phi) is 4.13. The van der Waals surface area contributed by atoms with Crippen molar-refractivity contribution in [1.29, 1.82) is 0 Å². The third-order valence-corrected chi connectivity index (χ3v) is 3.07. The van der Waals surface area contributed by atoms with Gasteiger partial charge < -0.3 is 10.7 Å². The Balaban J connectivity index is 2.22. The number of hydrogen-bond acceptors (Lipinski definition) is 4. The molecule has 6 heteroatoms. The summed E-state index contributed by atoms with van der Waals surface area (Å²) in [6.45, 7) is 1.92. The molecular formula is C13H13BrN4O. The van der Waals surface area contributed by atoms with Crippen LogP contribution in [-0.2, 0) is 0 Å². The second-order valence-corrected chi connectivity index (χ2v) is 4.88. The number of benzene rings is 1. The summed E-state index contributed by atoms with van der Waals surface area (Å²) in [4.78, 5) is 16.2. The van der Waals surface area contributed by atoms with Crippen LogP contribution in [0.15, 0.2) is 40.9 Å². The molecule has 2 rings (SSSR count). The summed E-state index contributed by atoms with van der Waals surface area (Å²) in [5.74, 6) is 5.43. The maximum Gasteiger partial charge on any atom is 0.274 e. The number of anilines is 2. The molecular weight excluding hydrogens is 308 g/mol. The number of rotatable bonds is 3. The second-order valence-electron chi connectivity index (χ2n) is 3.97. The fraction of sp³-hybridized carbons (Fsp3) is 0.0769. The molecule has 1 aromatic heterocycles. The highest BCUT2D eigenvalue weighted by atomic mass is 79.9. The van der Waals surface area contributed by atoms with Gasteiger partial charge in [0.25, 0.3) is 5.91 Å². The molecule has 0 aliphatic heterocycles. The molecule has 0 saturated carbocycles. The Morgan fingerprint density at radius 2 is 2.11 bits per heavy atom. The van der Waals surface area contributed by atoms with Crippen LogP contribution in [0.3, 0.4) is 0 Å². The van der Waals surface area contributed by atoms with E-state index in [4.69, 9.17) is 5.84 Å². The third-order valence-electron chi connectivity index (χ3n) is 2.58. The van der Waals surface area contributed by atoms with Crippen molar-refractivity contribution < 1.29 is 4.79 Å². The van der Waals surface area contributed by atoms with Gasteiger partial charge >= 0.3 is 0 Å². The van der Waals surface area contributed by atoms with Crippen molar-refractivity contribution >= 4 is 33.3 Å². The van der Waals surface area contributed by atoms with Crippen molar-refractivity contribution in [3.05, 3.63) is 52.1 Å². The van der Waals surface area contributed by atoms with Crippen molar-refractivity contribution in [1.82, 2.24) is 4.98 Å². The molecule has 1 heterocycles. The van der Waals surface area contributed by atoms with Crippen LogP contribution in [0.5, 0.6) is 0 Å². The number of nitrogens with zero attached hydrogens (tertiary/aromatic N) is 1. The Morgan fingerprint density at radius 3 is 2.84 bits per heavy atom. The first-order chi connectivity index (χ1) is 9.10. The van der Waals surface area contributed by atoms with Gasteiger partial charge in [0.05, 0.1) is 0 Å². The number of halogens is 1. The van der Waals surface area contributed by atoms with Crippen LogP contribution in [-0.4, -0.2) is 10.9 Å². The number of hydrogen-bond donors (Lipinski definition) is 3. The van der Waals surface area contributed by atoms with E-state index in [9.17, 15) is 4.79 Å². The fourth-order valence-electron chi connectivity index (χ4n) is 1.56.